The topological polar surface area (TPSA) is 40.6 Å². The summed E-state index contributed by atoms with van der Waals surface area (Å²) in [6.07, 6.45) is 0. The third-order valence-electron chi connectivity index (χ3n) is 1.76. The Morgan fingerprint density at radius 1 is 1.23 bits per heavy atom. The van der Waals surface area contributed by atoms with E-state index in [2.05, 4.69) is 0 Å². The predicted molar refractivity (Wildman–Crippen MR) is 47.5 cm³/mol. The first-order valence-electron chi connectivity index (χ1n) is 3.51. The summed E-state index contributed by atoms with van der Waals surface area (Å²) in [6, 6.07) is 0. The Morgan fingerprint density at radius 2 is 1.62 bits per heavy atom. The van der Waals surface area contributed by atoms with Gasteiger partial charge in [-0.1, -0.05) is 0 Å². The summed E-state index contributed by atoms with van der Waals surface area (Å²) >= 11 is -3.49. The van der Waals surface area contributed by atoms with E-state index in [1.807, 2.05) is 23.9 Å². The van der Waals surface area contributed by atoms with Gasteiger partial charge in [-0.25, -0.2) is 0 Å². The molecule has 6 heteroatoms. The second-order valence-corrected chi connectivity index (χ2v) is 8.46. The second-order valence-electron chi connectivity index (χ2n) is 2.67. The van der Waals surface area contributed by atoms with Crippen LogP contribution < -0.4 is 0 Å². The van der Waals surface area contributed by atoms with Crippen LogP contribution in [0, 0.1) is 0 Å². The van der Waals surface area contributed by atoms with E-state index in [0.29, 0.717) is 4.35 Å². The van der Waals surface area contributed by atoms with Crippen LogP contribution in [0.1, 0.15) is 0 Å². The molecule has 0 spiro atoms. The van der Waals surface area contributed by atoms with Crippen molar-refractivity contribution in [2.45, 2.75) is 0 Å². The molecule has 0 unspecified atom stereocenters. The minimum atomic E-state index is -3.49. The average molecular weight is 293 g/mol. The summed E-state index contributed by atoms with van der Waals surface area (Å²) in [4.78, 5) is 24.9. The van der Waals surface area contributed by atoms with Gasteiger partial charge in [0.1, 0.15) is 0 Å². The summed E-state index contributed by atoms with van der Waals surface area (Å²) in [5, 5.41) is 0. The van der Waals surface area contributed by atoms with Crippen LogP contribution in [0.15, 0.2) is 0 Å². The number of nitrogens with zero attached hydrogens (tertiary/aromatic N) is 2. The molecule has 0 atom stereocenters. The van der Waals surface area contributed by atoms with Gasteiger partial charge in [0.25, 0.3) is 0 Å². The third-order valence-corrected chi connectivity index (χ3v) is 6.22. The molecular weight excluding hydrogens is 282 g/mol. The van der Waals surface area contributed by atoms with E-state index in [1.165, 1.54) is 0 Å². The molecule has 13 heavy (non-hydrogen) atoms. The third kappa shape index (κ3) is 1.87. The molecule has 0 amide bonds. The Balaban J connectivity index is 3.69. The molecule has 4 nitrogen and oxygen atoms in total. The molecule has 0 aromatic carbocycles. The van der Waals surface area contributed by atoms with Gasteiger partial charge in [-0.15, -0.1) is 0 Å². The van der Waals surface area contributed by atoms with Crippen molar-refractivity contribution in [1.82, 2.24) is 9.80 Å². The van der Waals surface area contributed by atoms with Crippen LogP contribution in [0.2, 0.25) is 0 Å². The fourth-order valence-electron chi connectivity index (χ4n) is 1.19. The zero-order valence-electron chi connectivity index (χ0n) is 7.34. The van der Waals surface area contributed by atoms with Gasteiger partial charge < -0.3 is 0 Å². The quantitative estimate of drug-likeness (QED) is 0.559. The van der Waals surface area contributed by atoms with Crippen LogP contribution in [0.4, 0.5) is 0 Å². The number of carbonyl (C=O) groups excluding carboxylic acids is 2. The van der Waals surface area contributed by atoms with Crippen molar-refractivity contribution in [3.63, 3.8) is 0 Å². The van der Waals surface area contributed by atoms with Crippen molar-refractivity contribution < 1.29 is 22.0 Å². The summed E-state index contributed by atoms with van der Waals surface area (Å²) in [7, 11) is 9.51. The van der Waals surface area contributed by atoms with E-state index in [1.54, 1.807) is 8.95 Å². The molecule has 76 valence electrons. The second kappa shape index (κ2) is 3.93. The monoisotopic (exact) mass is 292 g/mol. The van der Waals surface area contributed by atoms with Gasteiger partial charge in [0.2, 0.25) is 0 Å². The molecule has 1 aliphatic rings. The Labute approximate surface area is 82.1 Å². The normalized spacial score (nSPS) is 21.3. The summed E-state index contributed by atoms with van der Waals surface area (Å²) in [5.74, 6) is 0. The van der Waals surface area contributed by atoms with Crippen molar-refractivity contribution in [3.05, 3.63) is 0 Å². The van der Waals surface area contributed by atoms with Gasteiger partial charge in [-0.3, -0.25) is 0 Å². The molecule has 1 rings (SSSR count). The van der Waals surface area contributed by atoms with Crippen LogP contribution in [-0.4, -0.2) is 50.3 Å². The van der Waals surface area contributed by atoms with E-state index in [-0.39, 0.29) is 0 Å². The first-order valence-corrected chi connectivity index (χ1v) is 8.08. The SMILES string of the molecule is CN1CCN(C)[C]1=[Rh]([Cl])(=[C]=O)=[C]=O. The first-order chi connectivity index (χ1) is 6.05. The van der Waals surface area contributed by atoms with Crippen molar-refractivity contribution in [1.29, 1.82) is 0 Å². The molecule has 0 radical (unpaired) electrons. The Hall–Kier alpha value is -0.137. The van der Waals surface area contributed by atoms with E-state index < -0.39 is 12.4 Å². The number of likely N-dealkylation sites (N-methyl/N-ethyl adjacent to an activating group) is 2. The molecule has 1 fully saturated rings. The van der Waals surface area contributed by atoms with Crippen molar-refractivity contribution in [3.8, 4) is 0 Å². The molecule has 1 aliphatic heterocycles. The fourth-order valence-corrected chi connectivity index (χ4v) is 4.79. The Kier molecular flexibility index (Phi) is 3.31. The fraction of sp³-hybridized carbons (Fsp3) is 0.571. The van der Waals surface area contributed by atoms with Gasteiger partial charge in [-0.2, -0.15) is 0 Å². The van der Waals surface area contributed by atoms with Crippen LogP contribution in [-0.2, 0) is 22.0 Å². The molecule has 0 saturated carbocycles. The Morgan fingerprint density at radius 3 is 1.92 bits per heavy atom. The summed E-state index contributed by atoms with van der Waals surface area (Å²) in [5.41, 5.74) is 0. The molecule has 0 aliphatic carbocycles. The van der Waals surface area contributed by atoms with E-state index >= 15 is 0 Å². The minimum absolute atomic E-state index is 0.604. The first kappa shape index (κ1) is 10.9. The molecule has 0 aromatic heterocycles. The van der Waals surface area contributed by atoms with E-state index in [9.17, 15) is 9.59 Å². The van der Waals surface area contributed by atoms with Gasteiger partial charge in [0.05, 0.1) is 0 Å². The van der Waals surface area contributed by atoms with Crippen LogP contribution in [0.3, 0.4) is 0 Å². The predicted octanol–water partition coefficient (Wildman–Crippen LogP) is -0.607. The molecule has 0 N–H and O–H groups in total. The standard InChI is InChI=1S/C5H10N2.2CO.ClH.Rh/c1-6-3-4-7(2)5-6;2*1-2;;/h3-4H2,1-2H3;;;1H;/q;;;;+1/p-1. The zero-order valence-corrected chi connectivity index (χ0v) is 9.73. The molecule has 1 heterocycles. The van der Waals surface area contributed by atoms with E-state index in [0.717, 1.165) is 13.1 Å². The van der Waals surface area contributed by atoms with Gasteiger partial charge >= 0.3 is 82.0 Å². The Bertz CT molecular complexity index is 419. The summed E-state index contributed by atoms with van der Waals surface area (Å²) in [6.45, 7) is 1.56. The maximum absolute atomic E-state index is 10.6. The van der Waals surface area contributed by atoms with Crippen molar-refractivity contribution in [2.75, 3.05) is 27.2 Å². The number of hydrogen-bond acceptors (Lipinski definition) is 4. The van der Waals surface area contributed by atoms with Crippen LogP contribution in [0.5, 0.6) is 0 Å². The van der Waals surface area contributed by atoms with Gasteiger partial charge in [0, 0.05) is 0 Å². The average Bonchev–Trinajstić information content (AvgIpc) is 2.46. The molecule has 0 bridgehead atoms. The van der Waals surface area contributed by atoms with Crippen LogP contribution >= 0.6 is 9.69 Å². The molecule has 0 aromatic rings. The number of halogens is 1. The van der Waals surface area contributed by atoms with Gasteiger partial charge in [-0.05, 0) is 0 Å². The molecule has 1 saturated heterocycles. The zero-order chi connectivity index (χ0) is 10.1. The summed E-state index contributed by atoms with van der Waals surface area (Å²) < 4.78 is 3.93. The molecular formula is C7H10ClN2O2Rh. The van der Waals surface area contributed by atoms with Crippen LogP contribution in [0.25, 0.3) is 0 Å². The number of rotatable bonds is 0. The maximum atomic E-state index is 10.6. The van der Waals surface area contributed by atoms with E-state index in [4.69, 9.17) is 9.69 Å². The van der Waals surface area contributed by atoms with Gasteiger partial charge in [0.15, 0.2) is 0 Å². The van der Waals surface area contributed by atoms with Crippen molar-refractivity contribution in [2.24, 2.45) is 0 Å². The van der Waals surface area contributed by atoms with Crippen molar-refractivity contribution >= 4 is 23.0 Å². The number of hydrogen-bond donors (Lipinski definition) is 0.